The van der Waals surface area contributed by atoms with Gasteiger partial charge in [-0.05, 0) is 30.9 Å². The number of benzene rings is 1. The third-order valence-electron chi connectivity index (χ3n) is 2.90. The lowest BCUT2D eigenvalue weighted by molar-refractivity contribution is 0.377. The van der Waals surface area contributed by atoms with E-state index in [4.69, 9.17) is 4.52 Å². The molecule has 5 heteroatoms. The summed E-state index contributed by atoms with van der Waals surface area (Å²) < 4.78 is 5.19. The summed E-state index contributed by atoms with van der Waals surface area (Å²) in [5.41, 5.74) is 1.06. The molecule has 1 fully saturated rings. The molecule has 96 valence electrons. The van der Waals surface area contributed by atoms with Gasteiger partial charge < -0.3 is 9.84 Å². The molecule has 1 aromatic carbocycles. The van der Waals surface area contributed by atoms with Crippen LogP contribution in [0.15, 0.2) is 34.9 Å². The van der Waals surface area contributed by atoms with E-state index in [1.165, 1.54) is 12.8 Å². The second-order valence-corrected chi connectivity index (χ2v) is 4.47. The summed E-state index contributed by atoms with van der Waals surface area (Å²) in [4.78, 5) is 4.37. The van der Waals surface area contributed by atoms with Gasteiger partial charge in [0.05, 0.1) is 6.54 Å². The van der Waals surface area contributed by atoms with Gasteiger partial charge in [0, 0.05) is 12.1 Å². The second kappa shape index (κ2) is 5.87. The fourth-order valence-electron chi connectivity index (χ4n) is 1.76. The normalized spacial score (nSPS) is 14.0. The van der Waals surface area contributed by atoms with Crippen LogP contribution in [-0.2, 0) is 13.0 Å². The molecular weight excluding hydrogens is 250 g/mol. The minimum absolute atomic E-state index is 0. The molecule has 0 amide bonds. The number of rotatable bonds is 5. The zero-order chi connectivity index (χ0) is 11.5. The van der Waals surface area contributed by atoms with Crippen LogP contribution >= 0.6 is 12.4 Å². The van der Waals surface area contributed by atoms with Crippen molar-refractivity contribution in [2.24, 2.45) is 5.92 Å². The molecule has 1 aliphatic rings. The number of anilines is 1. The Morgan fingerprint density at radius 2 is 2.00 bits per heavy atom. The maximum Gasteiger partial charge on any atom is 0.245 e. The van der Waals surface area contributed by atoms with E-state index in [0.717, 1.165) is 23.9 Å². The molecule has 1 aliphatic carbocycles. The lowest BCUT2D eigenvalue weighted by Gasteiger charge is -2.01. The van der Waals surface area contributed by atoms with Crippen molar-refractivity contribution < 1.29 is 4.52 Å². The highest BCUT2D eigenvalue weighted by Crippen LogP contribution is 2.31. The van der Waals surface area contributed by atoms with E-state index in [9.17, 15) is 0 Å². The number of hydrogen-bond acceptors (Lipinski definition) is 4. The minimum atomic E-state index is 0. The molecule has 0 spiro atoms. The van der Waals surface area contributed by atoms with E-state index in [1.54, 1.807) is 0 Å². The predicted molar refractivity (Wildman–Crippen MR) is 71.7 cm³/mol. The van der Waals surface area contributed by atoms with Crippen LogP contribution in [0.3, 0.4) is 0 Å². The van der Waals surface area contributed by atoms with Gasteiger partial charge >= 0.3 is 0 Å². The summed E-state index contributed by atoms with van der Waals surface area (Å²) in [6.45, 7) is 0.585. The summed E-state index contributed by atoms with van der Waals surface area (Å²) in [5.74, 6) is 2.30. The third kappa shape index (κ3) is 3.47. The SMILES string of the molecule is Cl.c1ccc(NCc2nc(CC3CC3)no2)cc1. The summed E-state index contributed by atoms with van der Waals surface area (Å²) in [5, 5.41) is 7.23. The third-order valence-corrected chi connectivity index (χ3v) is 2.90. The van der Waals surface area contributed by atoms with Gasteiger partial charge in [-0.2, -0.15) is 4.98 Å². The largest absolute Gasteiger partial charge is 0.376 e. The van der Waals surface area contributed by atoms with Crippen LogP contribution < -0.4 is 5.32 Å². The minimum Gasteiger partial charge on any atom is -0.376 e. The average Bonchev–Trinajstić information content (AvgIpc) is 3.06. The molecule has 18 heavy (non-hydrogen) atoms. The average molecular weight is 266 g/mol. The van der Waals surface area contributed by atoms with Crippen molar-refractivity contribution in [3.63, 3.8) is 0 Å². The first-order valence-electron chi connectivity index (χ1n) is 6.00. The van der Waals surface area contributed by atoms with E-state index in [-0.39, 0.29) is 12.4 Å². The van der Waals surface area contributed by atoms with Gasteiger partial charge in [0.15, 0.2) is 5.82 Å². The topological polar surface area (TPSA) is 51.0 Å². The fourth-order valence-corrected chi connectivity index (χ4v) is 1.76. The molecule has 1 saturated carbocycles. The van der Waals surface area contributed by atoms with Crippen LogP contribution in [0.2, 0.25) is 0 Å². The number of nitrogens with one attached hydrogen (secondary N) is 1. The van der Waals surface area contributed by atoms with Crippen LogP contribution in [0.4, 0.5) is 5.69 Å². The van der Waals surface area contributed by atoms with Crippen molar-refractivity contribution in [1.29, 1.82) is 0 Å². The molecule has 4 nitrogen and oxygen atoms in total. The number of halogens is 1. The van der Waals surface area contributed by atoms with E-state index >= 15 is 0 Å². The number of aromatic nitrogens is 2. The Hall–Kier alpha value is -1.55. The van der Waals surface area contributed by atoms with Crippen molar-refractivity contribution in [3.05, 3.63) is 42.0 Å². The van der Waals surface area contributed by atoms with Gasteiger partial charge in [0.2, 0.25) is 5.89 Å². The van der Waals surface area contributed by atoms with Crippen LogP contribution in [0.25, 0.3) is 0 Å². The Balaban J connectivity index is 0.00000120. The fraction of sp³-hybridized carbons (Fsp3) is 0.385. The summed E-state index contributed by atoms with van der Waals surface area (Å²) in [6, 6.07) is 10.0. The number of hydrogen-bond donors (Lipinski definition) is 1. The van der Waals surface area contributed by atoms with Gasteiger partial charge in [-0.1, -0.05) is 23.4 Å². The summed E-state index contributed by atoms with van der Waals surface area (Å²) in [7, 11) is 0. The predicted octanol–water partition coefficient (Wildman–Crippen LogP) is 3.06. The number of para-hydroxylation sites is 1. The van der Waals surface area contributed by atoms with Gasteiger partial charge in [-0.3, -0.25) is 0 Å². The highest BCUT2D eigenvalue weighted by Gasteiger charge is 2.23. The standard InChI is InChI=1S/C13H15N3O.ClH/c1-2-4-11(5-3-1)14-9-13-15-12(16-17-13)8-10-6-7-10;/h1-5,10,14H,6-9H2;1H. The maximum absolute atomic E-state index is 5.19. The first-order chi connectivity index (χ1) is 8.40. The highest BCUT2D eigenvalue weighted by molar-refractivity contribution is 5.85. The Morgan fingerprint density at radius 1 is 1.22 bits per heavy atom. The maximum atomic E-state index is 5.19. The van der Waals surface area contributed by atoms with Crippen LogP contribution in [-0.4, -0.2) is 10.1 Å². The Morgan fingerprint density at radius 3 is 2.72 bits per heavy atom. The summed E-state index contributed by atoms with van der Waals surface area (Å²) in [6.07, 6.45) is 3.59. The molecule has 0 atom stereocenters. The molecule has 1 N–H and O–H groups in total. The molecule has 3 rings (SSSR count). The van der Waals surface area contributed by atoms with E-state index in [2.05, 4.69) is 15.5 Å². The van der Waals surface area contributed by atoms with E-state index < -0.39 is 0 Å². The molecule has 0 bridgehead atoms. The number of nitrogens with zero attached hydrogens (tertiary/aromatic N) is 2. The molecule has 1 heterocycles. The molecular formula is C13H16ClN3O. The molecule has 0 unspecified atom stereocenters. The van der Waals surface area contributed by atoms with Gasteiger partial charge in [0.25, 0.3) is 0 Å². The van der Waals surface area contributed by atoms with Gasteiger partial charge in [0.1, 0.15) is 0 Å². The zero-order valence-corrected chi connectivity index (χ0v) is 10.8. The first-order valence-corrected chi connectivity index (χ1v) is 6.00. The summed E-state index contributed by atoms with van der Waals surface area (Å²) >= 11 is 0. The lowest BCUT2D eigenvalue weighted by atomic mass is 10.3. The second-order valence-electron chi connectivity index (χ2n) is 4.47. The van der Waals surface area contributed by atoms with Crippen LogP contribution in [0.5, 0.6) is 0 Å². The van der Waals surface area contributed by atoms with E-state index in [1.807, 2.05) is 30.3 Å². The molecule has 0 saturated heterocycles. The molecule has 0 aliphatic heterocycles. The Bertz CT molecular complexity index is 482. The van der Waals surface area contributed by atoms with Crippen molar-refractivity contribution in [2.75, 3.05) is 5.32 Å². The van der Waals surface area contributed by atoms with Crippen molar-refractivity contribution >= 4 is 18.1 Å². The molecule has 0 radical (unpaired) electrons. The van der Waals surface area contributed by atoms with Crippen molar-refractivity contribution in [2.45, 2.75) is 25.8 Å². The van der Waals surface area contributed by atoms with Gasteiger partial charge in [-0.25, -0.2) is 0 Å². The van der Waals surface area contributed by atoms with Crippen LogP contribution in [0, 0.1) is 5.92 Å². The molecule has 2 aromatic rings. The van der Waals surface area contributed by atoms with Crippen molar-refractivity contribution in [1.82, 2.24) is 10.1 Å². The quantitative estimate of drug-likeness (QED) is 0.903. The monoisotopic (exact) mass is 265 g/mol. The molecule has 1 aromatic heterocycles. The Labute approximate surface area is 112 Å². The Kier molecular flexibility index (Phi) is 4.20. The smallest absolute Gasteiger partial charge is 0.245 e. The van der Waals surface area contributed by atoms with Gasteiger partial charge in [-0.15, -0.1) is 12.4 Å². The first kappa shape index (κ1) is 12.9. The van der Waals surface area contributed by atoms with E-state index in [0.29, 0.717) is 12.4 Å². The lowest BCUT2D eigenvalue weighted by Crippen LogP contribution is -1.99. The highest BCUT2D eigenvalue weighted by atomic mass is 35.5. The zero-order valence-electron chi connectivity index (χ0n) is 10.0. The van der Waals surface area contributed by atoms with Crippen molar-refractivity contribution in [3.8, 4) is 0 Å². The van der Waals surface area contributed by atoms with Crippen LogP contribution in [0.1, 0.15) is 24.6 Å².